The molecule has 0 bridgehead atoms. The number of para-hydroxylation sites is 1. The van der Waals surface area contributed by atoms with Crippen LogP contribution in [0.3, 0.4) is 0 Å². The van der Waals surface area contributed by atoms with Crippen LogP contribution in [0.1, 0.15) is 31.4 Å². The lowest BCUT2D eigenvalue weighted by atomic mass is 10.0. The van der Waals surface area contributed by atoms with E-state index in [-0.39, 0.29) is 12.1 Å². The molecule has 9 heteroatoms. The molecule has 1 fully saturated rings. The van der Waals surface area contributed by atoms with Gasteiger partial charge in [0, 0.05) is 42.3 Å². The molecule has 0 atom stereocenters. The number of aromatic nitrogens is 4. The molecule has 190 valence electrons. The van der Waals surface area contributed by atoms with Gasteiger partial charge in [-0.15, -0.1) is 0 Å². The highest BCUT2D eigenvalue weighted by Gasteiger charge is 2.28. The number of piperidine rings is 1. The van der Waals surface area contributed by atoms with Crippen molar-refractivity contribution in [1.82, 2.24) is 24.4 Å². The van der Waals surface area contributed by atoms with Gasteiger partial charge in [0.05, 0.1) is 24.2 Å². The number of ether oxygens (including phenoxy) is 1. The van der Waals surface area contributed by atoms with Gasteiger partial charge in [-0.25, -0.2) is 19.7 Å². The normalized spacial score (nSPS) is 13.9. The van der Waals surface area contributed by atoms with Gasteiger partial charge in [-0.05, 0) is 43.5 Å². The lowest BCUT2D eigenvalue weighted by molar-refractivity contribution is 0.0929. The van der Waals surface area contributed by atoms with Gasteiger partial charge in [0.1, 0.15) is 5.82 Å². The predicted octanol–water partition coefficient (Wildman–Crippen LogP) is 5.97. The first kappa shape index (κ1) is 24.8. The molecule has 3 heterocycles. The largest absolute Gasteiger partial charge is 0.450 e. The van der Waals surface area contributed by atoms with E-state index in [4.69, 9.17) is 14.7 Å². The van der Waals surface area contributed by atoms with Crippen LogP contribution in [0.5, 0.6) is 0 Å². The van der Waals surface area contributed by atoms with Gasteiger partial charge in [-0.1, -0.05) is 42.5 Å². The van der Waals surface area contributed by atoms with Crippen LogP contribution < -0.4 is 5.32 Å². The maximum absolute atomic E-state index is 12.3. The highest BCUT2D eigenvalue weighted by Crippen LogP contribution is 2.34. The summed E-state index contributed by atoms with van der Waals surface area (Å²) in [6.07, 6.45) is 4.99. The topological polar surface area (TPSA) is 85.2 Å². The monoisotopic (exact) mass is 514 g/mol. The van der Waals surface area contributed by atoms with Gasteiger partial charge in [-0.2, -0.15) is 12.6 Å². The van der Waals surface area contributed by atoms with E-state index in [0.29, 0.717) is 31.4 Å². The standard InChI is InChI=1S/C28H30N6O2S/c1-2-36-28(35)33-16-13-23(14-17-33)34-25(18-30-26(34)21-10-8-20(19-37)9-11-21)24-12-15-29-27(32-24)31-22-6-4-3-5-7-22/h3-12,15,18,23,37H,2,13-14,16-17,19H2,1H3,(H,29,31,32). The minimum absolute atomic E-state index is 0.156. The summed E-state index contributed by atoms with van der Waals surface area (Å²) in [5.74, 6) is 2.09. The zero-order valence-electron chi connectivity index (χ0n) is 20.7. The maximum Gasteiger partial charge on any atom is 0.409 e. The molecular formula is C28H30N6O2S. The average molecular weight is 515 g/mol. The van der Waals surface area contributed by atoms with Crippen molar-refractivity contribution in [2.45, 2.75) is 31.6 Å². The number of carbonyl (C=O) groups excluding carboxylic acids is 1. The molecule has 8 nitrogen and oxygen atoms in total. The van der Waals surface area contributed by atoms with Gasteiger partial charge in [0.2, 0.25) is 5.95 Å². The third kappa shape index (κ3) is 5.61. The Labute approximate surface area is 222 Å². The number of benzene rings is 2. The Morgan fingerprint density at radius 2 is 1.81 bits per heavy atom. The molecule has 1 N–H and O–H groups in total. The fourth-order valence-corrected chi connectivity index (χ4v) is 4.84. The van der Waals surface area contributed by atoms with E-state index in [0.717, 1.165) is 46.9 Å². The Bertz CT molecular complexity index is 1330. The third-order valence-electron chi connectivity index (χ3n) is 6.50. The van der Waals surface area contributed by atoms with E-state index in [1.807, 2.05) is 49.5 Å². The van der Waals surface area contributed by atoms with Crippen LogP contribution in [-0.2, 0) is 10.5 Å². The molecule has 2 aromatic heterocycles. The van der Waals surface area contributed by atoms with Crippen molar-refractivity contribution in [2.24, 2.45) is 0 Å². The van der Waals surface area contributed by atoms with Crippen LogP contribution in [0.25, 0.3) is 22.8 Å². The molecule has 2 aromatic carbocycles. The molecule has 0 unspecified atom stereocenters. The fourth-order valence-electron chi connectivity index (χ4n) is 4.63. The van der Waals surface area contributed by atoms with Crippen LogP contribution >= 0.6 is 12.6 Å². The molecular weight excluding hydrogens is 484 g/mol. The number of nitrogens with zero attached hydrogens (tertiary/aromatic N) is 5. The summed E-state index contributed by atoms with van der Waals surface area (Å²) < 4.78 is 7.49. The molecule has 0 aliphatic carbocycles. The highest BCUT2D eigenvalue weighted by molar-refractivity contribution is 7.79. The Kier molecular flexibility index (Phi) is 7.70. The number of carbonyl (C=O) groups is 1. The first-order chi connectivity index (χ1) is 18.2. The van der Waals surface area contributed by atoms with Crippen LogP contribution in [0.15, 0.2) is 73.1 Å². The maximum atomic E-state index is 12.3. The number of amides is 1. The second kappa shape index (κ2) is 11.5. The fraction of sp³-hybridized carbons (Fsp3) is 0.286. The molecule has 5 rings (SSSR count). The van der Waals surface area contributed by atoms with Crippen molar-refractivity contribution >= 4 is 30.4 Å². The molecule has 1 aliphatic heterocycles. The molecule has 0 radical (unpaired) electrons. The van der Waals surface area contributed by atoms with Gasteiger partial charge in [-0.3, -0.25) is 0 Å². The summed E-state index contributed by atoms with van der Waals surface area (Å²) in [5, 5.41) is 3.28. The number of nitrogens with one attached hydrogen (secondary N) is 1. The second-order valence-corrected chi connectivity index (χ2v) is 9.18. The van der Waals surface area contributed by atoms with Crippen molar-refractivity contribution in [3.8, 4) is 22.8 Å². The molecule has 37 heavy (non-hydrogen) atoms. The summed E-state index contributed by atoms with van der Waals surface area (Å²) in [4.78, 5) is 28.1. The minimum Gasteiger partial charge on any atom is -0.450 e. The first-order valence-electron chi connectivity index (χ1n) is 12.5. The number of hydrogen-bond donors (Lipinski definition) is 2. The summed E-state index contributed by atoms with van der Waals surface area (Å²) in [6.45, 7) is 3.47. The molecule has 1 aliphatic rings. The Morgan fingerprint density at radius 1 is 1.05 bits per heavy atom. The second-order valence-electron chi connectivity index (χ2n) is 8.87. The Hall–Kier alpha value is -3.85. The summed E-state index contributed by atoms with van der Waals surface area (Å²) in [6, 6.07) is 20.3. The zero-order chi connectivity index (χ0) is 25.6. The van der Waals surface area contributed by atoms with Crippen LogP contribution in [0.2, 0.25) is 0 Å². The quantitative estimate of drug-likeness (QED) is 0.296. The van der Waals surface area contributed by atoms with Crippen molar-refractivity contribution in [1.29, 1.82) is 0 Å². The van der Waals surface area contributed by atoms with Gasteiger partial charge in [0.25, 0.3) is 0 Å². The van der Waals surface area contributed by atoms with Gasteiger partial charge in [0.15, 0.2) is 0 Å². The van der Waals surface area contributed by atoms with Gasteiger partial charge >= 0.3 is 6.09 Å². The van der Waals surface area contributed by atoms with E-state index < -0.39 is 0 Å². The molecule has 4 aromatic rings. The predicted molar refractivity (Wildman–Crippen MR) is 148 cm³/mol. The van der Waals surface area contributed by atoms with Crippen molar-refractivity contribution in [3.63, 3.8) is 0 Å². The van der Waals surface area contributed by atoms with Crippen LogP contribution in [0.4, 0.5) is 16.4 Å². The van der Waals surface area contributed by atoms with E-state index in [2.05, 4.69) is 51.8 Å². The Balaban J connectivity index is 1.49. The number of rotatable bonds is 7. The SMILES string of the molecule is CCOC(=O)N1CCC(n2c(-c3ccnc(Nc4ccccc4)n3)cnc2-c2ccc(CS)cc2)CC1. The van der Waals surface area contributed by atoms with Gasteiger partial charge < -0.3 is 19.5 Å². The number of thiol groups is 1. The molecule has 0 saturated carbocycles. The first-order valence-corrected chi connectivity index (χ1v) is 13.1. The Morgan fingerprint density at radius 3 is 2.51 bits per heavy atom. The lowest BCUT2D eigenvalue weighted by Gasteiger charge is -2.33. The summed E-state index contributed by atoms with van der Waals surface area (Å²) in [7, 11) is 0. The van der Waals surface area contributed by atoms with E-state index in [1.54, 1.807) is 11.1 Å². The number of hydrogen-bond acceptors (Lipinski definition) is 7. The lowest BCUT2D eigenvalue weighted by Crippen LogP contribution is -2.39. The smallest absolute Gasteiger partial charge is 0.409 e. The van der Waals surface area contributed by atoms with Crippen molar-refractivity contribution in [2.75, 3.05) is 25.0 Å². The molecule has 1 saturated heterocycles. The van der Waals surface area contributed by atoms with E-state index in [9.17, 15) is 4.79 Å². The number of likely N-dealkylation sites (tertiary alicyclic amines) is 1. The van der Waals surface area contributed by atoms with E-state index in [1.165, 1.54) is 0 Å². The molecule has 1 amide bonds. The van der Waals surface area contributed by atoms with Crippen molar-refractivity contribution < 1.29 is 9.53 Å². The number of imidazole rings is 1. The summed E-state index contributed by atoms with van der Waals surface area (Å²) in [5.41, 5.74) is 4.81. The third-order valence-corrected chi connectivity index (χ3v) is 6.86. The highest BCUT2D eigenvalue weighted by atomic mass is 32.1. The van der Waals surface area contributed by atoms with Crippen LogP contribution in [-0.4, -0.2) is 50.2 Å². The van der Waals surface area contributed by atoms with Crippen molar-refractivity contribution in [3.05, 3.63) is 78.6 Å². The zero-order valence-corrected chi connectivity index (χ0v) is 21.6. The van der Waals surface area contributed by atoms with E-state index >= 15 is 0 Å². The minimum atomic E-state index is -0.248. The number of anilines is 2. The summed E-state index contributed by atoms with van der Waals surface area (Å²) >= 11 is 4.39. The van der Waals surface area contributed by atoms with Crippen LogP contribution in [0, 0.1) is 0 Å². The molecule has 0 spiro atoms. The average Bonchev–Trinajstić information content (AvgIpc) is 3.39.